The molecule has 34 heavy (non-hydrogen) atoms. The standard InChI is InChI=1S/C27H29FN2O4/c1-17(2)16-33-24-10-9-22-18(3)23(27(32)34-26(22)19(24)4)15-25(31)30-13-11-29(12-14-30)21-7-5-20(28)6-8-21/h5-10H,1,11-16H2,2-4H3. The Bertz CT molecular complexity index is 1290. The first-order valence-electron chi connectivity index (χ1n) is 11.4. The molecule has 0 bridgehead atoms. The van der Waals surface area contributed by atoms with Crippen LogP contribution in [0.5, 0.6) is 5.75 Å². The zero-order chi connectivity index (χ0) is 24.4. The monoisotopic (exact) mass is 464 g/mol. The van der Waals surface area contributed by atoms with E-state index in [1.54, 1.807) is 17.0 Å². The topological polar surface area (TPSA) is 63.0 Å². The molecule has 3 aromatic rings. The van der Waals surface area contributed by atoms with Crippen LogP contribution in [0.3, 0.4) is 0 Å². The molecular formula is C27H29FN2O4. The number of carbonyl (C=O) groups is 1. The second-order valence-electron chi connectivity index (χ2n) is 8.83. The Kier molecular flexibility index (Phi) is 6.72. The van der Waals surface area contributed by atoms with Gasteiger partial charge >= 0.3 is 5.63 Å². The van der Waals surface area contributed by atoms with Crippen LogP contribution in [0.2, 0.25) is 0 Å². The van der Waals surface area contributed by atoms with Gasteiger partial charge in [0.05, 0.1) is 12.0 Å². The highest BCUT2D eigenvalue weighted by Gasteiger charge is 2.24. The molecule has 4 rings (SSSR count). The highest BCUT2D eigenvalue weighted by Crippen LogP contribution is 2.30. The first-order valence-corrected chi connectivity index (χ1v) is 11.4. The summed E-state index contributed by atoms with van der Waals surface area (Å²) >= 11 is 0. The smallest absolute Gasteiger partial charge is 0.340 e. The fourth-order valence-corrected chi connectivity index (χ4v) is 4.26. The van der Waals surface area contributed by atoms with Crippen molar-refractivity contribution < 1.29 is 18.3 Å². The summed E-state index contributed by atoms with van der Waals surface area (Å²) in [5.74, 6) is 0.264. The van der Waals surface area contributed by atoms with Gasteiger partial charge in [-0.25, -0.2) is 9.18 Å². The van der Waals surface area contributed by atoms with Gasteiger partial charge in [0.2, 0.25) is 5.91 Å². The molecule has 6 nitrogen and oxygen atoms in total. The quantitative estimate of drug-likeness (QED) is 0.400. The molecule has 1 aliphatic rings. The van der Waals surface area contributed by atoms with Crippen LogP contribution in [0.1, 0.15) is 23.6 Å². The van der Waals surface area contributed by atoms with Gasteiger partial charge in [-0.1, -0.05) is 6.58 Å². The highest BCUT2D eigenvalue weighted by atomic mass is 19.1. The van der Waals surface area contributed by atoms with Gasteiger partial charge in [0, 0.05) is 42.8 Å². The fourth-order valence-electron chi connectivity index (χ4n) is 4.26. The summed E-state index contributed by atoms with van der Waals surface area (Å²) in [7, 11) is 0. The van der Waals surface area contributed by atoms with Crippen molar-refractivity contribution in [1.29, 1.82) is 0 Å². The maximum absolute atomic E-state index is 13.2. The third kappa shape index (κ3) is 4.83. The van der Waals surface area contributed by atoms with Gasteiger partial charge < -0.3 is 19.0 Å². The predicted octanol–water partition coefficient (Wildman–Crippen LogP) is 4.40. The molecule has 0 aliphatic carbocycles. The second kappa shape index (κ2) is 9.71. The molecule has 0 radical (unpaired) electrons. The van der Waals surface area contributed by atoms with E-state index in [0.717, 1.165) is 27.8 Å². The molecule has 0 unspecified atom stereocenters. The van der Waals surface area contributed by atoms with Crippen molar-refractivity contribution in [3.05, 3.63) is 81.5 Å². The minimum atomic E-state index is -0.497. The lowest BCUT2D eigenvalue weighted by Gasteiger charge is -2.36. The molecule has 1 aromatic heterocycles. The van der Waals surface area contributed by atoms with Crippen LogP contribution in [0.4, 0.5) is 10.1 Å². The molecule has 2 heterocycles. The number of hydrogen-bond acceptors (Lipinski definition) is 5. The van der Waals surface area contributed by atoms with Crippen LogP contribution in [-0.2, 0) is 11.2 Å². The Labute approximate surface area is 198 Å². The lowest BCUT2D eigenvalue weighted by Crippen LogP contribution is -2.49. The number of nitrogens with zero attached hydrogens (tertiary/aromatic N) is 2. The van der Waals surface area contributed by atoms with Crippen molar-refractivity contribution in [2.75, 3.05) is 37.7 Å². The lowest BCUT2D eigenvalue weighted by atomic mass is 10.0. The summed E-state index contributed by atoms with van der Waals surface area (Å²) in [5.41, 5.74) is 3.68. The molecule has 0 N–H and O–H groups in total. The van der Waals surface area contributed by atoms with Crippen LogP contribution in [-0.4, -0.2) is 43.6 Å². The number of rotatable bonds is 6. The Morgan fingerprint density at radius 2 is 1.74 bits per heavy atom. The molecule has 1 saturated heterocycles. The number of halogens is 1. The number of amides is 1. The molecule has 0 atom stereocenters. The summed E-state index contributed by atoms with van der Waals surface area (Å²) in [4.78, 5) is 29.7. The predicted molar refractivity (Wildman–Crippen MR) is 131 cm³/mol. The van der Waals surface area contributed by atoms with Crippen LogP contribution in [0.15, 0.2) is 57.8 Å². The van der Waals surface area contributed by atoms with Gasteiger partial charge in [0.25, 0.3) is 0 Å². The van der Waals surface area contributed by atoms with E-state index in [-0.39, 0.29) is 18.1 Å². The Balaban J connectivity index is 1.49. The largest absolute Gasteiger partial charge is 0.489 e. The van der Waals surface area contributed by atoms with Crippen LogP contribution < -0.4 is 15.3 Å². The second-order valence-corrected chi connectivity index (χ2v) is 8.83. The fraction of sp³-hybridized carbons (Fsp3) is 0.333. The first-order chi connectivity index (χ1) is 16.2. The maximum atomic E-state index is 13.2. The molecule has 1 fully saturated rings. The van der Waals surface area contributed by atoms with E-state index in [2.05, 4.69) is 11.5 Å². The van der Waals surface area contributed by atoms with Gasteiger partial charge in [0.1, 0.15) is 23.8 Å². The van der Waals surface area contributed by atoms with E-state index in [1.165, 1.54) is 12.1 Å². The van der Waals surface area contributed by atoms with Crippen molar-refractivity contribution in [1.82, 2.24) is 4.90 Å². The maximum Gasteiger partial charge on any atom is 0.340 e. The summed E-state index contributed by atoms with van der Waals surface area (Å²) < 4.78 is 24.6. The Morgan fingerprint density at radius 1 is 1.06 bits per heavy atom. The number of benzene rings is 2. The average Bonchev–Trinajstić information content (AvgIpc) is 2.82. The SMILES string of the molecule is C=C(C)COc1ccc2c(C)c(CC(=O)N3CCN(c4ccc(F)cc4)CC3)c(=O)oc2c1C. The molecule has 0 saturated carbocycles. The number of carbonyl (C=O) groups excluding carboxylic acids is 1. The van der Waals surface area contributed by atoms with E-state index in [9.17, 15) is 14.0 Å². The van der Waals surface area contributed by atoms with Gasteiger partial charge in [-0.05, 0) is 68.3 Å². The molecule has 0 spiro atoms. The van der Waals surface area contributed by atoms with Gasteiger partial charge in [-0.3, -0.25) is 4.79 Å². The highest BCUT2D eigenvalue weighted by molar-refractivity contribution is 5.87. The van der Waals surface area contributed by atoms with Crippen molar-refractivity contribution in [2.24, 2.45) is 0 Å². The molecule has 1 amide bonds. The normalized spacial score (nSPS) is 13.9. The molecule has 7 heteroatoms. The summed E-state index contributed by atoms with van der Waals surface area (Å²) in [6.45, 7) is 12.2. The number of aryl methyl sites for hydroxylation is 2. The molecule has 178 valence electrons. The number of ether oxygens (including phenoxy) is 1. The minimum absolute atomic E-state index is 0.00634. The van der Waals surface area contributed by atoms with Gasteiger partial charge in [0.15, 0.2) is 0 Å². The summed E-state index contributed by atoms with van der Waals surface area (Å²) in [6.07, 6.45) is -0.00634. The summed E-state index contributed by atoms with van der Waals surface area (Å²) in [6, 6.07) is 10.1. The van der Waals surface area contributed by atoms with Gasteiger partial charge in [-0.15, -0.1) is 0 Å². The number of anilines is 1. The van der Waals surface area contributed by atoms with Crippen LogP contribution >= 0.6 is 0 Å². The summed E-state index contributed by atoms with van der Waals surface area (Å²) in [5, 5.41) is 0.795. The third-order valence-electron chi connectivity index (χ3n) is 6.28. The first kappa shape index (κ1) is 23.5. The number of hydrogen-bond donors (Lipinski definition) is 0. The Morgan fingerprint density at radius 3 is 2.38 bits per heavy atom. The van der Waals surface area contributed by atoms with E-state index in [0.29, 0.717) is 49.7 Å². The van der Waals surface area contributed by atoms with Gasteiger partial charge in [-0.2, -0.15) is 0 Å². The van der Waals surface area contributed by atoms with Crippen molar-refractivity contribution in [3.63, 3.8) is 0 Å². The van der Waals surface area contributed by atoms with E-state index < -0.39 is 5.63 Å². The lowest BCUT2D eigenvalue weighted by molar-refractivity contribution is -0.130. The molecule has 1 aliphatic heterocycles. The van der Waals surface area contributed by atoms with Crippen molar-refractivity contribution >= 4 is 22.6 Å². The third-order valence-corrected chi connectivity index (χ3v) is 6.28. The zero-order valence-corrected chi connectivity index (χ0v) is 19.8. The number of piperazine rings is 1. The van der Waals surface area contributed by atoms with Crippen LogP contribution in [0, 0.1) is 19.7 Å². The minimum Gasteiger partial charge on any atom is -0.489 e. The van der Waals surface area contributed by atoms with E-state index in [4.69, 9.17) is 9.15 Å². The van der Waals surface area contributed by atoms with Crippen molar-refractivity contribution in [3.8, 4) is 5.75 Å². The average molecular weight is 465 g/mol. The molecule has 2 aromatic carbocycles. The molecular weight excluding hydrogens is 435 g/mol. The zero-order valence-electron chi connectivity index (χ0n) is 19.8. The van der Waals surface area contributed by atoms with Crippen LogP contribution in [0.25, 0.3) is 11.0 Å². The van der Waals surface area contributed by atoms with E-state index >= 15 is 0 Å². The van der Waals surface area contributed by atoms with Crippen molar-refractivity contribution in [2.45, 2.75) is 27.2 Å². The number of fused-ring (bicyclic) bond motifs is 1. The van der Waals surface area contributed by atoms with E-state index in [1.807, 2.05) is 32.9 Å². The Hall–Kier alpha value is -3.61.